The van der Waals surface area contributed by atoms with E-state index in [1.807, 2.05) is 88.6 Å². The molecule has 1 unspecified atom stereocenters. The van der Waals surface area contributed by atoms with Crippen LogP contribution in [-0.4, -0.2) is 111 Å². The van der Waals surface area contributed by atoms with Gasteiger partial charge >= 0.3 is 12.2 Å². The number of benzene rings is 2. The lowest BCUT2D eigenvalue weighted by Crippen LogP contribution is -2.51. The number of carbonyl (C=O) groups is 4. The molecule has 17 heteroatoms. The molecule has 0 radical (unpaired) electrons. The summed E-state index contributed by atoms with van der Waals surface area (Å²) in [5, 5.41) is 14.4. The summed E-state index contributed by atoms with van der Waals surface area (Å²) in [6.07, 6.45) is 4.73. The maximum Gasteiger partial charge on any atom is 0.407 e. The number of nitrogens with one attached hydrogen (secondary N) is 4. The summed E-state index contributed by atoms with van der Waals surface area (Å²) in [5.41, 5.74) is 4.85. The number of carboxylic acid groups (broad SMARTS) is 1. The van der Waals surface area contributed by atoms with Crippen LogP contribution in [0.1, 0.15) is 83.5 Å². The number of carbonyl (C=O) groups excluding carboxylic acids is 3. The molecular weight excluding hydrogens is 789 g/mol. The smallest absolute Gasteiger partial charge is 0.407 e. The largest absolute Gasteiger partial charge is 0.465 e. The Bertz CT molecular complexity index is 2310. The van der Waals surface area contributed by atoms with Gasteiger partial charge in [-0.1, -0.05) is 76.2 Å². The lowest BCUT2D eigenvalue weighted by atomic mass is 9.80. The van der Waals surface area contributed by atoms with Crippen LogP contribution in [0.3, 0.4) is 0 Å². The zero-order valence-corrected chi connectivity index (χ0v) is 35.4. The molecule has 3 fully saturated rings. The van der Waals surface area contributed by atoms with Gasteiger partial charge in [-0.2, -0.15) is 0 Å². The third-order valence-corrected chi connectivity index (χ3v) is 14.0. The van der Waals surface area contributed by atoms with Crippen molar-refractivity contribution in [2.24, 2.45) is 17.3 Å². The fourth-order valence-corrected chi connectivity index (χ4v) is 10.6. The Hall–Kier alpha value is -5.71. The lowest BCUT2D eigenvalue weighted by molar-refractivity contribution is -0.136. The van der Waals surface area contributed by atoms with Crippen LogP contribution in [0.2, 0.25) is 0 Å². The molecule has 7 rings (SSSR count). The van der Waals surface area contributed by atoms with Crippen molar-refractivity contribution in [2.75, 3.05) is 31.7 Å². The van der Waals surface area contributed by atoms with Crippen molar-refractivity contribution < 1.29 is 37.4 Å². The van der Waals surface area contributed by atoms with Gasteiger partial charge in [0, 0.05) is 36.6 Å². The normalized spacial score (nSPS) is 20.6. The van der Waals surface area contributed by atoms with Crippen molar-refractivity contribution in [1.29, 1.82) is 0 Å². The van der Waals surface area contributed by atoms with E-state index >= 15 is 0 Å². The van der Waals surface area contributed by atoms with Crippen LogP contribution in [0.25, 0.3) is 33.6 Å². The fraction of sp³-hybridized carbons (Fsp3) is 0.488. The van der Waals surface area contributed by atoms with E-state index < -0.39 is 40.1 Å². The highest BCUT2D eigenvalue weighted by Crippen LogP contribution is 2.49. The summed E-state index contributed by atoms with van der Waals surface area (Å²) >= 11 is 0. The number of hydrogen-bond donors (Lipinski definition) is 5. The van der Waals surface area contributed by atoms with Crippen LogP contribution in [-0.2, 0) is 24.2 Å². The van der Waals surface area contributed by atoms with Gasteiger partial charge in [0.1, 0.15) is 33.6 Å². The van der Waals surface area contributed by atoms with Crippen LogP contribution in [0.5, 0.6) is 0 Å². The number of rotatable bonds is 11. The highest BCUT2D eigenvalue weighted by molar-refractivity contribution is 7.91. The predicted molar refractivity (Wildman–Crippen MR) is 224 cm³/mol. The number of sulfone groups is 1. The van der Waals surface area contributed by atoms with Gasteiger partial charge < -0.3 is 40.2 Å². The van der Waals surface area contributed by atoms with Gasteiger partial charge in [-0.3, -0.25) is 9.59 Å². The quantitative estimate of drug-likeness (QED) is 0.120. The molecule has 0 bridgehead atoms. The van der Waals surface area contributed by atoms with Crippen molar-refractivity contribution in [3.8, 4) is 33.6 Å². The van der Waals surface area contributed by atoms with Crippen LogP contribution in [0.15, 0.2) is 60.9 Å². The SMILES string of the molecule is COC(=O)N[C@H](C(=O)N1CC2(CCS(=O)(=O)CC2)CC1c1nc(-c2ccc(-c3ccc(-c4c[nH]c([C@@H]5CCCN5C(=O)[C@@H](NC(=O)O)C(C)C)n4)cc3)cc2)c[nH]1)C(C)C. The molecule has 5 N–H and O–H groups in total. The first-order valence-corrected chi connectivity index (χ1v) is 22.4. The molecule has 3 aliphatic heterocycles. The highest BCUT2D eigenvalue weighted by atomic mass is 32.2. The second-order valence-electron chi connectivity index (χ2n) is 17.1. The van der Waals surface area contributed by atoms with Crippen LogP contribution in [0.4, 0.5) is 9.59 Å². The summed E-state index contributed by atoms with van der Waals surface area (Å²) in [6, 6.07) is 13.7. The molecule has 2 aromatic carbocycles. The van der Waals surface area contributed by atoms with Crippen LogP contribution in [0, 0.1) is 17.3 Å². The molecular formula is C43H54N8O8S. The Labute approximate surface area is 349 Å². The first kappa shape index (κ1) is 42.4. The first-order chi connectivity index (χ1) is 28.6. The number of alkyl carbamates (subject to hydrolysis) is 1. The number of likely N-dealkylation sites (tertiary alicyclic amines) is 2. The third kappa shape index (κ3) is 8.90. The van der Waals surface area contributed by atoms with E-state index in [9.17, 15) is 32.7 Å². The minimum Gasteiger partial charge on any atom is -0.465 e. The number of methoxy groups -OCH3 is 1. The van der Waals surface area contributed by atoms with E-state index in [-0.39, 0.29) is 46.6 Å². The number of ether oxygens (including phenoxy) is 1. The number of aromatic nitrogens is 4. The molecule has 2 aromatic heterocycles. The van der Waals surface area contributed by atoms with Crippen molar-refractivity contribution in [1.82, 2.24) is 40.4 Å². The summed E-state index contributed by atoms with van der Waals surface area (Å²) < 4.78 is 29.6. The fourth-order valence-electron chi connectivity index (χ4n) is 8.86. The van der Waals surface area contributed by atoms with Gasteiger partial charge in [0.05, 0.1) is 42.1 Å². The molecule has 16 nitrogen and oxygen atoms in total. The molecule has 4 aromatic rings. The molecule has 0 aliphatic carbocycles. The van der Waals surface area contributed by atoms with Crippen LogP contribution < -0.4 is 10.6 Å². The molecule has 60 heavy (non-hydrogen) atoms. The number of imidazole rings is 2. The van der Waals surface area contributed by atoms with E-state index in [1.165, 1.54) is 7.11 Å². The van der Waals surface area contributed by atoms with Crippen molar-refractivity contribution in [3.63, 3.8) is 0 Å². The third-order valence-electron chi connectivity index (χ3n) is 12.3. The highest BCUT2D eigenvalue weighted by Gasteiger charge is 2.51. The van der Waals surface area contributed by atoms with Crippen molar-refractivity contribution in [3.05, 3.63) is 72.6 Å². The number of amides is 4. The number of aromatic amines is 2. The van der Waals surface area contributed by atoms with Gasteiger partial charge in [-0.15, -0.1) is 0 Å². The summed E-state index contributed by atoms with van der Waals surface area (Å²) in [7, 11) is -1.87. The molecule has 4 atom stereocenters. The summed E-state index contributed by atoms with van der Waals surface area (Å²) in [5.74, 6) is 0.504. The van der Waals surface area contributed by atoms with E-state index in [4.69, 9.17) is 14.7 Å². The molecule has 3 saturated heterocycles. The molecule has 320 valence electrons. The molecule has 4 amide bonds. The maximum absolute atomic E-state index is 14.1. The Balaban J connectivity index is 1.05. The first-order valence-electron chi connectivity index (χ1n) is 20.5. The second kappa shape index (κ2) is 17.1. The predicted octanol–water partition coefficient (Wildman–Crippen LogP) is 5.94. The van der Waals surface area contributed by atoms with Crippen molar-refractivity contribution >= 4 is 33.8 Å². The Kier molecular flexibility index (Phi) is 12.1. The molecule has 5 heterocycles. The monoisotopic (exact) mass is 842 g/mol. The molecule has 3 aliphatic rings. The van der Waals surface area contributed by atoms with Gasteiger partial charge in [-0.25, -0.2) is 28.0 Å². The Morgan fingerprint density at radius 3 is 1.75 bits per heavy atom. The second-order valence-corrected chi connectivity index (χ2v) is 19.4. The standard InChI is InChI=1S/C43H54N8O8S/c1-25(2)35(48-41(54)55)39(52)50-18-6-7-33(50)37-44-22-31(46-37)29-12-8-27(9-13-29)28-10-14-30(15-11-28)32-23-45-38(47-32)34-21-43(16-19-60(57,58)20-17-43)24-51(34)40(53)36(26(3)4)49-42(56)59-5/h8-15,22-23,25-26,33-36,48H,6-7,16-21,24H2,1-5H3,(H,44,46)(H,45,47)(H,49,56)(H,54,55)/t33-,34?,35-,36-/m0/s1. The van der Waals surface area contributed by atoms with E-state index in [1.54, 1.807) is 9.80 Å². The van der Waals surface area contributed by atoms with E-state index in [2.05, 4.69) is 20.6 Å². The summed E-state index contributed by atoms with van der Waals surface area (Å²) in [4.78, 5) is 71.0. The van der Waals surface area contributed by atoms with Gasteiger partial charge in [0.15, 0.2) is 0 Å². The molecule has 0 saturated carbocycles. The summed E-state index contributed by atoms with van der Waals surface area (Å²) in [6.45, 7) is 8.26. The van der Waals surface area contributed by atoms with Gasteiger partial charge in [0.25, 0.3) is 0 Å². The maximum atomic E-state index is 14.1. The Morgan fingerprint density at radius 2 is 1.25 bits per heavy atom. The van der Waals surface area contributed by atoms with Crippen LogP contribution >= 0.6 is 0 Å². The lowest BCUT2D eigenvalue weighted by Gasteiger charge is -2.34. The average Bonchev–Trinajstić information content (AvgIpc) is 4.06. The zero-order valence-electron chi connectivity index (χ0n) is 34.6. The average molecular weight is 843 g/mol. The van der Waals surface area contributed by atoms with Crippen molar-refractivity contribution in [2.45, 2.75) is 84.0 Å². The number of H-pyrrole nitrogens is 2. The number of hydrogen-bond acceptors (Lipinski definition) is 9. The minimum atomic E-state index is -3.13. The van der Waals surface area contributed by atoms with Gasteiger partial charge in [-0.05, 0) is 60.5 Å². The molecule has 1 spiro atoms. The number of nitrogens with zero attached hydrogens (tertiary/aromatic N) is 4. The zero-order chi connectivity index (χ0) is 42.9. The van der Waals surface area contributed by atoms with E-state index in [0.29, 0.717) is 49.7 Å². The van der Waals surface area contributed by atoms with E-state index in [0.717, 1.165) is 40.8 Å². The topological polar surface area (TPSA) is 220 Å². The Morgan fingerprint density at radius 1 is 0.767 bits per heavy atom. The van der Waals surface area contributed by atoms with Gasteiger partial charge in [0.2, 0.25) is 11.8 Å². The minimum absolute atomic E-state index is 0.0801.